The third kappa shape index (κ3) is 3.86. The SMILES string of the molecule is Cc1cc(C)n(CC2(CNC(=O)c3cc(CC(C)C)no3)CC2)n1. The van der Waals surface area contributed by atoms with Crippen molar-refractivity contribution in [3.63, 3.8) is 0 Å². The predicted octanol–water partition coefficient (Wildman–Crippen LogP) is 2.90. The van der Waals surface area contributed by atoms with Crippen LogP contribution in [-0.4, -0.2) is 27.4 Å². The van der Waals surface area contributed by atoms with Gasteiger partial charge in [0.25, 0.3) is 5.91 Å². The van der Waals surface area contributed by atoms with Crippen molar-refractivity contribution in [2.24, 2.45) is 11.3 Å². The van der Waals surface area contributed by atoms with Crippen LogP contribution >= 0.6 is 0 Å². The molecule has 0 saturated heterocycles. The molecule has 1 N–H and O–H groups in total. The lowest BCUT2D eigenvalue weighted by atomic mass is 10.1. The summed E-state index contributed by atoms with van der Waals surface area (Å²) < 4.78 is 7.22. The van der Waals surface area contributed by atoms with Crippen LogP contribution < -0.4 is 5.32 Å². The minimum atomic E-state index is -0.183. The Kier molecular flexibility index (Phi) is 4.47. The van der Waals surface area contributed by atoms with Gasteiger partial charge in [0, 0.05) is 30.3 Å². The van der Waals surface area contributed by atoms with E-state index in [1.165, 1.54) is 5.69 Å². The van der Waals surface area contributed by atoms with Crippen molar-refractivity contribution >= 4 is 5.91 Å². The summed E-state index contributed by atoms with van der Waals surface area (Å²) in [4.78, 5) is 12.3. The summed E-state index contributed by atoms with van der Waals surface area (Å²) in [6.45, 7) is 9.80. The number of carbonyl (C=O) groups excluding carboxylic acids is 1. The Labute approximate surface area is 142 Å². The summed E-state index contributed by atoms with van der Waals surface area (Å²) in [6.07, 6.45) is 3.04. The Morgan fingerprint density at radius 1 is 1.38 bits per heavy atom. The molecule has 2 aromatic rings. The van der Waals surface area contributed by atoms with Crippen molar-refractivity contribution in [3.8, 4) is 0 Å². The van der Waals surface area contributed by atoms with Crippen molar-refractivity contribution < 1.29 is 9.32 Å². The predicted molar refractivity (Wildman–Crippen MR) is 90.7 cm³/mol. The Morgan fingerprint density at radius 2 is 2.12 bits per heavy atom. The van der Waals surface area contributed by atoms with Crippen molar-refractivity contribution in [1.29, 1.82) is 0 Å². The molecule has 0 unspecified atom stereocenters. The smallest absolute Gasteiger partial charge is 0.289 e. The highest BCUT2D eigenvalue weighted by Crippen LogP contribution is 2.46. The van der Waals surface area contributed by atoms with Gasteiger partial charge in [-0.05, 0) is 45.1 Å². The molecule has 6 heteroatoms. The summed E-state index contributed by atoms with van der Waals surface area (Å²) in [5, 5.41) is 11.5. The summed E-state index contributed by atoms with van der Waals surface area (Å²) in [5.74, 6) is 0.603. The molecule has 1 fully saturated rings. The Hall–Kier alpha value is -2.11. The second kappa shape index (κ2) is 6.42. The minimum absolute atomic E-state index is 0.125. The van der Waals surface area contributed by atoms with Crippen LogP contribution in [0.3, 0.4) is 0 Å². The molecule has 1 aliphatic rings. The second-order valence-electron chi connectivity index (χ2n) is 7.55. The van der Waals surface area contributed by atoms with Gasteiger partial charge in [0.05, 0.1) is 11.4 Å². The average molecular weight is 330 g/mol. The fraction of sp³-hybridized carbons (Fsp3) is 0.611. The lowest BCUT2D eigenvalue weighted by Crippen LogP contribution is -2.32. The van der Waals surface area contributed by atoms with E-state index in [0.717, 1.165) is 37.2 Å². The van der Waals surface area contributed by atoms with Crippen LogP contribution in [0, 0.1) is 25.2 Å². The maximum atomic E-state index is 12.3. The van der Waals surface area contributed by atoms with Crippen LogP contribution in [0.5, 0.6) is 0 Å². The van der Waals surface area contributed by atoms with E-state index in [2.05, 4.69) is 42.4 Å². The van der Waals surface area contributed by atoms with E-state index in [-0.39, 0.29) is 11.3 Å². The lowest BCUT2D eigenvalue weighted by molar-refractivity contribution is 0.0905. The standard InChI is InChI=1S/C18H26N4O2/c1-12(2)7-15-9-16(24-21-15)17(23)19-10-18(5-6-18)11-22-14(4)8-13(3)20-22/h8-9,12H,5-7,10-11H2,1-4H3,(H,19,23). The van der Waals surface area contributed by atoms with E-state index in [1.807, 2.05) is 11.6 Å². The summed E-state index contributed by atoms with van der Waals surface area (Å²) in [7, 11) is 0. The summed E-state index contributed by atoms with van der Waals surface area (Å²) in [6, 6.07) is 3.83. The molecule has 0 atom stereocenters. The van der Waals surface area contributed by atoms with Gasteiger partial charge in [-0.15, -0.1) is 0 Å². The molecule has 2 aromatic heterocycles. The molecular weight excluding hydrogens is 304 g/mol. The largest absolute Gasteiger partial charge is 0.351 e. The first-order valence-electron chi connectivity index (χ1n) is 8.62. The molecule has 6 nitrogen and oxygen atoms in total. The van der Waals surface area contributed by atoms with E-state index in [0.29, 0.717) is 18.2 Å². The third-order valence-electron chi connectivity index (χ3n) is 4.57. The zero-order valence-electron chi connectivity index (χ0n) is 14.9. The molecule has 1 amide bonds. The Morgan fingerprint density at radius 3 is 2.71 bits per heavy atom. The molecule has 2 heterocycles. The van der Waals surface area contributed by atoms with Crippen molar-refractivity contribution in [1.82, 2.24) is 20.3 Å². The molecule has 3 rings (SSSR count). The molecule has 0 radical (unpaired) electrons. The Bertz CT molecular complexity index is 725. The van der Waals surface area contributed by atoms with Gasteiger partial charge in [-0.25, -0.2) is 0 Å². The number of hydrogen-bond acceptors (Lipinski definition) is 4. The number of nitrogens with zero attached hydrogens (tertiary/aromatic N) is 3. The van der Waals surface area contributed by atoms with E-state index >= 15 is 0 Å². The molecule has 1 saturated carbocycles. The van der Waals surface area contributed by atoms with Gasteiger partial charge in [0.15, 0.2) is 0 Å². The molecule has 1 aliphatic carbocycles. The molecule has 0 bridgehead atoms. The van der Waals surface area contributed by atoms with Gasteiger partial charge in [-0.2, -0.15) is 5.10 Å². The monoisotopic (exact) mass is 330 g/mol. The zero-order valence-corrected chi connectivity index (χ0v) is 14.9. The minimum Gasteiger partial charge on any atom is -0.351 e. The first kappa shape index (κ1) is 16.7. The lowest BCUT2D eigenvalue weighted by Gasteiger charge is -2.16. The van der Waals surface area contributed by atoms with Gasteiger partial charge in [0.1, 0.15) is 0 Å². The van der Waals surface area contributed by atoms with Crippen LogP contribution in [0.25, 0.3) is 0 Å². The molecule has 0 aliphatic heterocycles. The first-order chi connectivity index (χ1) is 11.4. The van der Waals surface area contributed by atoms with Gasteiger partial charge < -0.3 is 9.84 Å². The van der Waals surface area contributed by atoms with Crippen molar-refractivity contribution in [2.45, 2.75) is 53.5 Å². The van der Waals surface area contributed by atoms with Gasteiger partial charge in [0.2, 0.25) is 5.76 Å². The van der Waals surface area contributed by atoms with Crippen molar-refractivity contribution in [3.05, 3.63) is 35.0 Å². The maximum Gasteiger partial charge on any atom is 0.289 e. The van der Waals surface area contributed by atoms with Gasteiger partial charge in [-0.1, -0.05) is 19.0 Å². The van der Waals surface area contributed by atoms with Crippen LogP contribution in [-0.2, 0) is 13.0 Å². The van der Waals surface area contributed by atoms with E-state index in [4.69, 9.17) is 4.52 Å². The number of aryl methyl sites for hydroxylation is 2. The molecule has 130 valence electrons. The van der Waals surface area contributed by atoms with Gasteiger partial charge in [-0.3, -0.25) is 9.48 Å². The van der Waals surface area contributed by atoms with Crippen LogP contribution in [0.4, 0.5) is 0 Å². The fourth-order valence-electron chi connectivity index (χ4n) is 3.01. The highest BCUT2D eigenvalue weighted by atomic mass is 16.5. The number of rotatable bonds is 7. The number of carbonyl (C=O) groups is 1. The normalized spacial score (nSPS) is 15.7. The number of nitrogens with one attached hydrogen (secondary N) is 1. The van der Waals surface area contributed by atoms with Crippen molar-refractivity contribution in [2.75, 3.05) is 6.54 Å². The first-order valence-corrected chi connectivity index (χ1v) is 8.62. The van der Waals surface area contributed by atoms with Crippen LogP contribution in [0.15, 0.2) is 16.7 Å². The fourth-order valence-corrected chi connectivity index (χ4v) is 3.01. The zero-order chi connectivity index (χ0) is 17.3. The third-order valence-corrected chi connectivity index (χ3v) is 4.57. The van der Waals surface area contributed by atoms with E-state index in [9.17, 15) is 4.79 Å². The summed E-state index contributed by atoms with van der Waals surface area (Å²) >= 11 is 0. The van der Waals surface area contributed by atoms with Crippen LogP contribution in [0.1, 0.15) is 54.3 Å². The maximum absolute atomic E-state index is 12.3. The second-order valence-corrected chi connectivity index (χ2v) is 7.55. The summed E-state index contributed by atoms with van der Waals surface area (Å²) in [5.41, 5.74) is 3.16. The van der Waals surface area contributed by atoms with Gasteiger partial charge >= 0.3 is 0 Å². The quantitative estimate of drug-likeness (QED) is 0.847. The van der Waals surface area contributed by atoms with E-state index < -0.39 is 0 Å². The molecule has 24 heavy (non-hydrogen) atoms. The number of amides is 1. The highest BCUT2D eigenvalue weighted by Gasteiger charge is 2.43. The number of hydrogen-bond donors (Lipinski definition) is 1. The van der Waals surface area contributed by atoms with E-state index in [1.54, 1.807) is 6.07 Å². The van der Waals surface area contributed by atoms with Crippen LogP contribution in [0.2, 0.25) is 0 Å². The average Bonchev–Trinajstić information content (AvgIpc) is 2.98. The number of aromatic nitrogens is 3. The topological polar surface area (TPSA) is 73.0 Å². The molecule has 0 aromatic carbocycles. The highest BCUT2D eigenvalue weighted by molar-refractivity contribution is 5.91. The molecular formula is C18H26N4O2. The Balaban J connectivity index is 1.56. The molecule has 0 spiro atoms.